The molecule has 1 aliphatic rings. The molecule has 1 heterocycles. The molecule has 1 rings (SSSR count). The Hall–Kier alpha value is -0.530. The van der Waals surface area contributed by atoms with Crippen LogP contribution in [0.1, 0.15) is 19.8 Å². The fourth-order valence-corrected chi connectivity index (χ4v) is 0.894. The molecule has 0 aromatic carbocycles. The van der Waals surface area contributed by atoms with Crippen LogP contribution in [0.4, 0.5) is 0 Å². The van der Waals surface area contributed by atoms with Crippen molar-refractivity contribution >= 4 is 5.71 Å². The summed E-state index contributed by atoms with van der Waals surface area (Å²) < 4.78 is 2.10. The van der Waals surface area contributed by atoms with Crippen molar-refractivity contribution in [3.8, 4) is 0 Å². The first kappa shape index (κ1) is 5.60. The predicted molar refractivity (Wildman–Crippen MR) is 34.1 cm³/mol. The van der Waals surface area contributed by atoms with Crippen LogP contribution in [0.2, 0.25) is 0 Å². The minimum Gasteiger partial charge on any atom is -0.199 e. The Bertz CT molecular complexity index is 102. The van der Waals surface area contributed by atoms with Crippen LogP contribution in [-0.2, 0) is 0 Å². The van der Waals surface area contributed by atoms with Gasteiger partial charge in [-0.2, -0.15) is 5.43 Å². The Labute approximate surface area is 50.2 Å². The lowest BCUT2D eigenvalue weighted by Gasteiger charge is -2.08. The molecule has 0 aliphatic carbocycles. The van der Waals surface area contributed by atoms with Crippen molar-refractivity contribution in [2.75, 3.05) is 13.6 Å². The quantitative estimate of drug-likeness (QED) is 0.449. The van der Waals surface area contributed by atoms with E-state index in [2.05, 4.69) is 24.1 Å². The van der Waals surface area contributed by atoms with E-state index < -0.39 is 0 Å². The average molecular weight is 113 g/mol. The van der Waals surface area contributed by atoms with E-state index in [1.165, 1.54) is 18.6 Å². The van der Waals surface area contributed by atoms with Gasteiger partial charge in [-0.1, -0.05) is 0 Å². The summed E-state index contributed by atoms with van der Waals surface area (Å²) in [5.74, 6) is 0. The molecule has 8 heavy (non-hydrogen) atoms. The Balaban J connectivity index is 2.60. The number of hydrazone groups is 1. The van der Waals surface area contributed by atoms with Crippen LogP contribution in [0.3, 0.4) is 0 Å². The van der Waals surface area contributed by atoms with Gasteiger partial charge in [-0.25, -0.2) is 0 Å². The summed E-state index contributed by atoms with van der Waals surface area (Å²) in [4.78, 5) is 0. The fourth-order valence-electron chi connectivity index (χ4n) is 0.894. The number of nitrogens with zero attached hydrogens (tertiary/aromatic N) is 1. The largest absolute Gasteiger partial charge is 0.199 e. The molecular formula is C6H13N2+. The molecule has 0 atom stereocenters. The minimum absolute atomic E-state index is 1.13. The zero-order valence-corrected chi connectivity index (χ0v) is 5.57. The van der Waals surface area contributed by atoms with Crippen LogP contribution >= 0.6 is 0 Å². The molecule has 1 aliphatic heterocycles. The van der Waals surface area contributed by atoms with E-state index in [1.54, 1.807) is 0 Å². The molecule has 0 saturated carbocycles. The molecule has 0 aromatic rings. The monoisotopic (exact) mass is 113 g/mol. The molecule has 0 unspecified atom stereocenters. The fraction of sp³-hybridized carbons (Fsp3) is 0.833. The number of rotatable bonds is 0. The minimum atomic E-state index is 1.13. The van der Waals surface area contributed by atoms with Crippen LogP contribution < -0.4 is 5.43 Å². The normalized spacial score (nSPS) is 20.8. The van der Waals surface area contributed by atoms with Crippen molar-refractivity contribution < 1.29 is 4.68 Å². The van der Waals surface area contributed by atoms with Crippen LogP contribution in [0.25, 0.3) is 0 Å². The highest BCUT2D eigenvalue weighted by Gasteiger charge is 2.09. The third kappa shape index (κ3) is 0.997. The van der Waals surface area contributed by atoms with Crippen molar-refractivity contribution in [1.82, 2.24) is 5.43 Å². The van der Waals surface area contributed by atoms with Gasteiger partial charge in [-0.15, -0.1) is 4.68 Å². The number of nitrogens with one attached hydrogen (secondary N) is 1. The summed E-state index contributed by atoms with van der Waals surface area (Å²) in [5.41, 5.74) is 4.67. The molecule has 0 bridgehead atoms. The summed E-state index contributed by atoms with van der Waals surface area (Å²) in [7, 11) is 2.06. The molecule has 0 spiro atoms. The summed E-state index contributed by atoms with van der Waals surface area (Å²) in [6.45, 7) is 3.29. The van der Waals surface area contributed by atoms with E-state index in [0.717, 1.165) is 6.54 Å². The highest BCUT2D eigenvalue weighted by molar-refractivity contribution is 5.76. The SMILES string of the molecule is CC1=[N+](C)NCCC1. The average Bonchev–Trinajstić information content (AvgIpc) is 1.77. The Morgan fingerprint density at radius 1 is 1.62 bits per heavy atom. The zero-order chi connectivity index (χ0) is 5.98. The van der Waals surface area contributed by atoms with E-state index in [1.807, 2.05) is 0 Å². The first-order valence-corrected chi connectivity index (χ1v) is 3.10. The van der Waals surface area contributed by atoms with E-state index in [4.69, 9.17) is 0 Å². The van der Waals surface area contributed by atoms with Crippen LogP contribution in [0.15, 0.2) is 0 Å². The van der Waals surface area contributed by atoms with Crippen molar-refractivity contribution in [2.24, 2.45) is 0 Å². The van der Waals surface area contributed by atoms with Crippen molar-refractivity contribution in [1.29, 1.82) is 0 Å². The van der Waals surface area contributed by atoms with Crippen molar-refractivity contribution in [2.45, 2.75) is 19.8 Å². The lowest BCUT2D eigenvalue weighted by atomic mass is 10.2. The molecular weight excluding hydrogens is 100 g/mol. The molecule has 46 valence electrons. The molecule has 0 aromatic heterocycles. The topological polar surface area (TPSA) is 15.0 Å². The third-order valence-corrected chi connectivity index (χ3v) is 1.64. The molecule has 2 nitrogen and oxygen atoms in total. The smallest absolute Gasteiger partial charge is 0.179 e. The lowest BCUT2D eigenvalue weighted by molar-refractivity contribution is -0.565. The van der Waals surface area contributed by atoms with Crippen LogP contribution in [-0.4, -0.2) is 24.0 Å². The van der Waals surface area contributed by atoms with Crippen LogP contribution in [0.5, 0.6) is 0 Å². The van der Waals surface area contributed by atoms with E-state index in [-0.39, 0.29) is 0 Å². The van der Waals surface area contributed by atoms with Crippen molar-refractivity contribution in [3.05, 3.63) is 0 Å². The van der Waals surface area contributed by atoms with E-state index >= 15 is 0 Å². The predicted octanol–water partition coefficient (Wildman–Crippen LogP) is 0.388. The molecule has 0 radical (unpaired) electrons. The van der Waals surface area contributed by atoms with E-state index in [0.29, 0.717) is 0 Å². The van der Waals surface area contributed by atoms with Gasteiger partial charge in [0, 0.05) is 13.3 Å². The zero-order valence-electron chi connectivity index (χ0n) is 5.57. The van der Waals surface area contributed by atoms with Gasteiger partial charge in [0.15, 0.2) is 12.8 Å². The maximum Gasteiger partial charge on any atom is 0.179 e. The Kier molecular flexibility index (Phi) is 1.51. The first-order chi connectivity index (χ1) is 3.80. The van der Waals surface area contributed by atoms with Gasteiger partial charge in [-0.05, 0) is 6.42 Å². The first-order valence-electron chi connectivity index (χ1n) is 3.10. The van der Waals surface area contributed by atoms with Gasteiger partial charge in [-0.3, -0.25) is 0 Å². The molecule has 0 amide bonds. The standard InChI is InChI=1S/C6H13N2/c1-6-4-3-5-7-8(6)2/h7H,3-5H2,1-2H3/q+1. The second-order valence-corrected chi connectivity index (χ2v) is 2.31. The number of hydrogen-bond acceptors (Lipinski definition) is 1. The second kappa shape index (κ2) is 2.16. The molecule has 0 saturated heterocycles. The number of hydrazine groups is 1. The van der Waals surface area contributed by atoms with Gasteiger partial charge >= 0.3 is 0 Å². The summed E-state index contributed by atoms with van der Waals surface area (Å²) in [6, 6.07) is 0. The maximum absolute atomic E-state index is 3.23. The second-order valence-electron chi connectivity index (χ2n) is 2.31. The highest BCUT2D eigenvalue weighted by atomic mass is 15.4. The van der Waals surface area contributed by atoms with Gasteiger partial charge < -0.3 is 0 Å². The van der Waals surface area contributed by atoms with Gasteiger partial charge in [0.1, 0.15) is 0 Å². The lowest BCUT2D eigenvalue weighted by Crippen LogP contribution is -2.35. The molecule has 2 heteroatoms. The number of hydrogen-bond donors (Lipinski definition) is 1. The Morgan fingerprint density at radius 2 is 2.38 bits per heavy atom. The highest BCUT2D eigenvalue weighted by Crippen LogP contribution is 1.94. The van der Waals surface area contributed by atoms with Gasteiger partial charge in [0.05, 0.1) is 6.54 Å². The Morgan fingerprint density at radius 3 is 2.75 bits per heavy atom. The van der Waals surface area contributed by atoms with E-state index in [9.17, 15) is 0 Å². The van der Waals surface area contributed by atoms with Crippen LogP contribution in [0, 0.1) is 0 Å². The van der Waals surface area contributed by atoms with Gasteiger partial charge in [0.25, 0.3) is 0 Å². The summed E-state index contributed by atoms with van der Waals surface area (Å²) in [6.07, 6.45) is 2.54. The van der Waals surface area contributed by atoms with Gasteiger partial charge in [0.2, 0.25) is 0 Å². The molecule has 0 fully saturated rings. The third-order valence-electron chi connectivity index (χ3n) is 1.64. The summed E-state index contributed by atoms with van der Waals surface area (Å²) >= 11 is 0. The maximum atomic E-state index is 3.23. The molecule has 1 N–H and O–H groups in total. The van der Waals surface area contributed by atoms with Crippen molar-refractivity contribution in [3.63, 3.8) is 0 Å². The summed E-state index contributed by atoms with van der Waals surface area (Å²) in [5, 5.41) is 0.